The summed E-state index contributed by atoms with van der Waals surface area (Å²) in [5.41, 5.74) is 2.10. The van der Waals surface area contributed by atoms with Crippen LogP contribution in [0.15, 0.2) is 42.5 Å². The van der Waals surface area contributed by atoms with E-state index in [4.69, 9.17) is 9.47 Å². The Hall–Kier alpha value is -3.27. The van der Waals surface area contributed by atoms with Crippen LogP contribution in [0.25, 0.3) is 0 Å². The van der Waals surface area contributed by atoms with Crippen LogP contribution in [0.1, 0.15) is 38.3 Å². The summed E-state index contributed by atoms with van der Waals surface area (Å²) < 4.78 is 37.3. The minimum absolute atomic E-state index is 0.157. The van der Waals surface area contributed by atoms with E-state index in [2.05, 4.69) is 5.32 Å². The largest absolute Gasteiger partial charge is 0.497 e. The Labute approximate surface area is 220 Å². The SMILES string of the molecule is CC[C@H](C(=O)NCC(C)C)N(Cc1ccc(C)cc1)C(=O)CN(c1ccc(OC)cc1OC)S(C)(=O)=O. The van der Waals surface area contributed by atoms with Crippen molar-refractivity contribution in [3.8, 4) is 11.5 Å². The first kappa shape index (κ1) is 30.0. The molecule has 0 spiro atoms. The van der Waals surface area contributed by atoms with E-state index >= 15 is 0 Å². The van der Waals surface area contributed by atoms with Crippen LogP contribution < -0.4 is 19.1 Å². The van der Waals surface area contributed by atoms with Gasteiger partial charge >= 0.3 is 0 Å². The second-order valence-electron chi connectivity index (χ2n) is 9.38. The standard InChI is InChI=1S/C27H39N3O6S/c1-8-23(27(32)28-16-19(2)3)29(17-21-11-9-20(4)10-12-21)26(31)18-30(37(7,33)34)24-14-13-22(35-5)15-25(24)36-6/h9-15,19,23H,8,16-18H2,1-7H3,(H,28,32)/t23-/m1/s1. The first-order valence-electron chi connectivity index (χ1n) is 12.2. The normalized spacial score (nSPS) is 12.1. The zero-order chi connectivity index (χ0) is 27.8. The van der Waals surface area contributed by atoms with Crippen molar-refractivity contribution in [1.29, 1.82) is 0 Å². The predicted molar refractivity (Wildman–Crippen MR) is 145 cm³/mol. The predicted octanol–water partition coefficient (Wildman–Crippen LogP) is 3.36. The highest BCUT2D eigenvalue weighted by Gasteiger charge is 2.32. The van der Waals surface area contributed by atoms with E-state index in [9.17, 15) is 18.0 Å². The van der Waals surface area contributed by atoms with Crippen molar-refractivity contribution in [2.24, 2.45) is 5.92 Å². The first-order valence-corrected chi connectivity index (χ1v) is 14.1. The maximum Gasteiger partial charge on any atom is 0.244 e. The number of amides is 2. The molecule has 0 bridgehead atoms. The highest BCUT2D eigenvalue weighted by molar-refractivity contribution is 7.92. The number of ether oxygens (including phenoxy) is 2. The van der Waals surface area contributed by atoms with Gasteiger partial charge in [0.2, 0.25) is 21.8 Å². The van der Waals surface area contributed by atoms with E-state index < -0.39 is 28.5 Å². The van der Waals surface area contributed by atoms with Crippen molar-refractivity contribution < 1.29 is 27.5 Å². The maximum absolute atomic E-state index is 13.8. The van der Waals surface area contributed by atoms with Crippen molar-refractivity contribution in [3.63, 3.8) is 0 Å². The number of carbonyl (C=O) groups excluding carboxylic acids is 2. The highest BCUT2D eigenvalue weighted by atomic mass is 32.2. The van der Waals surface area contributed by atoms with Crippen LogP contribution in [-0.2, 0) is 26.2 Å². The van der Waals surface area contributed by atoms with Crippen LogP contribution in [0, 0.1) is 12.8 Å². The lowest BCUT2D eigenvalue weighted by Gasteiger charge is -2.33. The number of carbonyl (C=O) groups is 2. The molecule has 0 aliphatic heterocycles. The summed E-state index contributed by atoms with van der Waals surface area (Å²) in [5, 5.41) is 2.91. The molecule has 2 aromatic carbocycles. The number of hydrogen-bond acceptors (Lipinski definition) is 6. The van der Waals surface area contributed by atoms with Gasteiger partial charge in [-0.3, -0.25) is 13.9 Å². The molecular weight excluding hydrogens is 494 g/mol. The molecule has 1 N–H and O–H groups in total. The van der Waals surface area contributed by atoms with Gasteiger partial charge in [0.25, 0.3) is 0 Å². The first-order chi connectivity index (χ1) is 17.4. The van der Waals surface area contributed by atoms with E-state index in [1.807, 2.05) is 52.0 Å². The molecule has 2 aromatic rings. The monoisotopic (exact) mass is 533 g/mol. The fourth-order valence-electron chi connectivity index (χ4n) is 3.82. The zero-order valence-electron chi connectivity index (χ0n) is 22.8. The van der Waals surface area contributed by atoms with Crippen molar-refractivity contribution in [2.75, 3.05) is 37.9 Å². The van der Waals surface area contributed by atoms with Gasteiger partial charge < -0.3 is 19.7 Å². The molecule has 2 rings (SSSR count). The van der Waals surface area contributed by atoms with Crippen LogP contribution in [-0.4, -0.2) is 64.7 Å². The van der Waals surface area contributed by atoms with Crippen LogP contribution >= 0.6 is 0 Å². The number of hydrogen-bond donors (Lipinski definition) is 1. The molecule has 1 atom stereocenters. The number of nitrogens with zero attached hydrogens (tertiary/aromatic N) is 2. The smallest absolute Gasteiger partial charge is 0.244 e. The molecule has 0 radical (unpaired) electrons. The van der Waals surface area contributed by atoms with Gasteiger partial charge in [-0.15, -0.1) is 0 Å². The lowest BCUT2D eigenvalue weighted by molar-refractivity contribution is -0.140. The fraction of sp³-hybridized carbons (Fsp3) is 0.481. The van der Waals surface area contributed by atoms with Gasteiger partial charge in [0.1, 0.15) is 24.1 Å². The van der Waals surface area contributed by atoms with Crippen LogP contribution in [0.5, 0.6) is 11.5 Å². The number of aryl methyl sites for hydroxylation is 1. The average molecular weight is 534 g/mol. The molecule has 37 heavy (non-hydrogen) atoms. The summed E-state index contributed by atoms with van der Waals surface area (Å²) in [5.74, 6) is 0.185. The molecule has 0 aromatic heterocycles. The summed E-state index contributed by atoms with van der Waals surface area (Å²) in [6.45, 7) is 7.90. The summed E-state index contributed by atoms with van der Waals surface area (Å²) >= 11 is 0. The second-order valence-corrected chi connectivity index (χ2v) is 11.3. The van der Waals surface area contributed by atoms with Crippen molar-refractivity contribution >= 4 is 27.5 Å². The average Bonchev–Trinajstić information content (AvgIpc) is 2.85. The lowest BCUT2D eigenvalue weighted by Crippen LogP contribution is -2.52. The molecule has 2 amide bonds. The quantitative estimate of drug-likeness (QED) is 0.423. The van der Waals surface area contributed by atoms with Gasteiger partial charge in [0, 0.05) is 19.2 Å². The third-order valence-electron chi connectivity index (χ3n) is 5.88. The molecule has 10 heteroatoms. The van der Waals surface area contributed by atoms with Crippen molar-refractivity contribution in [3.05, 3.63) is 53.6 Å². The van der Waals surface area contributed by atoms with Crippen LogP contribution in [0.3, 0.4) is 0 Å². The van der Waals surface area contributed by atoms with E-state index in [0.717, 1.165) is 21.7 Å². The minimum Gasteiger partial charge on any atom is -0.497 e. The molecule has 0 heterocycles. The molecule has 204 valence electrons. The van der Waals surface area contributed by atoms with Crippen molar-refractivity contribution in [2.45, 2.75) is 46.7 Å². The Morgan fingerprint density at radius 2 is 1.68 bits per heavy atom. The van der Waals surface area contributed by atoms with Gasteiger partial charge in [0.05, 0.1) is 26.2 Å². The topological polar surface area (TPSA) is 105 Å². The summed E-state index contributed by atoms with van der Waals surface area (Å²) in [6.07, 6.45) is 1.40. The Morgan fingerprint density at radius 3 is 2.19 bits per heavy atom. The van der Waals surface area contributed by atoms with Gasteiger partial charge in [-0.05, 0) is 37.0 Å². The van der Waals surface area contributed by atoms with E-state index in [1.54, 1.807) is 12.1 Å². The third-order valence-corrected chi connectivity index (χ3v) is 7.01. The van der Waals surface area contributed by atoms with Crippen LogP contribution in [0.2, 0.25) is 0 Å². The summed E-state index contributed by atoms with van der Waals surface area (Å²) in [4.78, 5) is 28.4. The number of anilines is 1. The van der Waals surface area contributed by atoms with Gasteiger partial charge in [-0.1, -0.05) is 50.6 Å². The van der Waals surface area contributed by atoms with E-state index in [-0.39, 0.29) is 29.8 Å². The molecule has 0 saturated carbocycles. The molecule has 0 fully saturated rings. The third kappa shape index (κ3) is 8.38. The molecular formula is C27H39N3O6S. The lowest BCUT2D eigenvalue weighted by atomic mass is 10.1. The minimum atomic E-state index is -3.89. The van der Waals surface area contributed by atoms with E-state index in [1.165, 1.54) is 25.2 Å². The summed E-state index contributed by atoms with van der Waals surface area (Å²) in [7, 11) is -0.983. The molecule has 0 aliphatic rings. The van der Waals surface area contributed by atoms with Gasteiger partial charge in [-0.25, -0.2) is 8.42 Å². The number of sulfonamides is 1. The maximum atomic E-state index is 13.8. The van der Waals surface area contributed by atoms with Crippen molar-refractivity contribution in [1.82, 2.24) is 10.2 Å². The molecule has 9 nitrogen and oxygen atoms in total. The number of rotatable bonds is 13. The fourth-order valence-corrected chi connectivity index (χ4v) is 4.67. The van der Waals surface area contributed by atoms with E-state index in [0.29, 0.717) is 18.7 Å². The zero-order valence-corrected chi connectivity index (χ0v) is 23.6. The number of methoxy groups -OCH3 is 2. The van der Waals surface area contributed by atoms with Gasteiger partial charge in [0.15, 0.2) is 0 Å². The Morgan fingerprint density at radius 1 is 1.03 bits per heavy atom. The Kier molecular flexibility index (Phi) is 10.8. The molecule has 0 saturated heterocycles. The molecule has 0 unspecified atom stereocenters. The second kappa shape index (κ2) is 13.3. The number of nitrogens with one attached hydrogen (secondary N) is 1. The Balaban J connectivity index is 2.48. The Bertz CT molecular complexity index is 1170. The number of benzene rings is 2. The highest BCUT2D eigenvalue weighted by Crippen LogP contribution is 2.33. The van der Waals surface area contributed by atoms with Gasteiger partial charge in [-0.2, -0.15) is 0 Å². The molecule has 0 aliphatic carbocycles. The van der Waals surface area contributed by atoms with Crippen LogP contribution in [0.4, 0.5) is 5.69 Å². The summed E-state index contributed by atoms with van der Waals surface area (Å²) in [6, 6.07) is 11.6.